The molecule has 0 amide bonds. The van der Waals surface area contributed by atoms with Gasteiger partial charge in [0.15, 0.2) is 6.04 Å². The van der Waals surface area contributed by atoms with E-state index in [0.717, 1.165) is 28.1 Å². The number of rotatable bonds is 9. The van der Waals surface area contributed by atoms with E-state index in [1.165, 1.54) is 5.56 Å². The highest BCUT2D eigenvalue weighted by atomic mass is 16.5. The predicted octanol–water partition coefficient (Wildman–Crippen LogP) is 6.62. The first kappa shape index (κ1) is 24.0. The molecule has 0 heterocycles. The first-order valence-corrected chi connectivity index (χ1v) is 11.9. The molecular weight excluding hydrogens is 432 g/mol. The number of carbonyl (C=O) groups is 1. The van der Waals surface area contributed by atoms with Gasteiger partial charge < -0.3 is 10.1 Å². The zero-order valence-corrected chi connectivity index (χ0v) is 20.1. The summed E-state index contributed by atoms with van der Waals surface area (Å²) in [7, 11) is 0. The maximum atomic E-state index is 13.4. The molecule has 0 aromatic heterocycles. The van der Waals surface area contributed by atoms with E-state index in [1.54, 1.807) is 0 Å². The fraction of sp³-hybridized carbons (Fsp3) is 0.161. The van der Waals surface area contributed by atoms with Crippen LogP contribution >= 0.6 is 0 Å². The summed E-state index contributed by atoms with van der Waals surface area (Å²) in [6.45, 7) is 4.15. The molecule has 2 unspecified atom stereocenters. The standard InChI is InChI=1S/C31H30N2O2/c1-3-35-31(34)30(33-28(24-13-7-4-8-14-24)25-15-9-5-10-16-25)29(26-17-11-6-12-18-26)32-27-21-19-23(2)20-22-27/h4-22,29-30,32H,3H2,1-2H3. The lowest BCUT2D eigenvalue weighted by atomic mass is 9.97. The number of anilines is 1. The SMILES string of the molecule is CCOC(=O)C(N=C(c1ccccc1)c1ccccc1)C(Nc1ccc(C)cc1)c1ccccc1. The second-order valence-corrected chi connectivity index (χ2v) is 8.31. The number of hydrogen-bond donors (Lipinski definition) is 1. The van der Waals surface area contributed by atoms with E-state index in [2.05, 4.69) is 12.2 Å². The van der Waals surface area contributed by atoms with Gasteiger partial charge in [-0.15, -0.1) is 0 Å². The Morgan fingerprint density at radius 1 is 0.771 bits per heavy atom. The molecule has 4 aromatic carbocycles. The Labute approximate surface area is 207 Å². The summed E-state index contributed by atoms with van der Waals surface area (Å²) in [5.41, 5.74) is 5.66. The van der Waals surface area contributed by atoms with Crippen LogP contribution < -0.4 is 5.32 Å². The van der Waals surface area contributed by atoms with E-state index in [4.69, 9.17) is 9.73 Å². The molecule has 35 heavy (non-hydrogen) atoms. The summed E-state index contributed by atoms with van der Waals surface area (Å²) < 4.78 is 5.55. The van der Waals surface area contributed by atoms with Crippen molar-refractivity contribution in [2.75, 3.05) is 11.9 Å². The minimum absolute atomic E-state index is 0.281. The molecule has 0 radical (unpaired) electrons. The molecule has 4 heteroatoms. The van der Waals surface area contributed by atoms with Crippen LogP contribution in [-0.4, -0.2) is 24.3 Å². The average Bonchev–Trinajstić information content (AvgIpc) is 2.91. The van der Waals surface area contributed by atoms with Crippen molar-refractivity contribution in [2.45, 2.75) is 25.9 Å². The van der Waals surface area contributed by atoms with E-state index < -0.39 is 12.1 Å². The topological polar surface area (TPSA) is 50.7 Å². The fourth-order valence-electron chi connectivity index (χ4n) is 3.97. The first-order chi connectivity index (χ1) is 17.2. The number of benzene rings is 4. The third-order valence-corrected chi connectivity index (χ3v) is 5.74. The average molecular weight is 463 g/mol. The molecule has 4 nitrogen and oxygen atoms in total. The van der Waals surface area contributed by atoms with Crippen molar-refractivity contribution in [1.82, 2.24) is 0 Å². The second kappa shape index (κ2) is 11.8. The predicted molar refractivity (Wildman–Crippen MR) is 143 cm³/mol. The molecule has 0 aliphatic heterocycles. The lowest BCUT2D eigenvalue weighted by Crippen LogP contribution is -2.34. The summed E-state index contributed by atoms with van der Waals surface area (Å²) in [6, 6.07) is 36.7. The van der Waals surface area contributed by atoms with Crippen molar-refractivity contribution < 1.29 is 9.53 Å². The first-order valence-electron chi connectivity index (χ1n) is 11.9. The van der Waals surface area contributed by atoms with Gasteiger partial charge in [0.2, 0.25) is 0 Å². The molecule has 4 aromatic rings. The third-order valence-electron chi connectivity index (χ3n) is 5.74. The molecule has 176 valence electrons. The highest BCUT2D eigenvalue weighted by Gasteiger charge is 2.31. The third kappa shape index (κ3) is 6.24. The van der Waals surface area contributed by atoms with Gasteiger partial charge in [0.1, 0.15) is 0 Å². The zero-order chi connectivity index (χ0) is 24.5. The largest absolute Gasteiger partial charge is 0.464 e. The number of carbonyl (C=O) groups excluding carboxylic acids is 1. The number of nitrogens with zero attached hydrogens (tertiary/aromatic N) is 1. The molecule has 0 saturated heterocycles. The summed E-state index contributed by atoms with van der Waals surface area (Å²) >= 11 is 0. The molecule has 0 bridgehead atoms. The normalized spacial score (nSPS) is 12.3. The number of hydrogen-bond acceptors (Lipinski definition) is 4. The lowest BCUT2D eigenvalue weighted by molar-refractivity contribution is -0.145. The van der Waals surface area contributed by atoms with Gasteiger partial charge in [-0.2, -0.15) is 0 Å². The van der Waals surface area contributed by atoms with E-state index in [0.29, 0.717) is 0 Å². The molecule has 4 rings (SSSR count). The number of esters is 1. The van der Waals surface area contributed by atoms with Gasteiger partial charge in [0, 0.05) is 16.8 Å². The van der Waals surface area contributed by atoms with E-state index in [-0.39, 0.29) is 12.6 Å². The van der Waals surface area contributed by atoms with Crippen LogP contribution in [0.1, 0.15) is 35.2 Å². The summed E-state index contributed by atoms with van der Waals surface area (Å²) in [5.74, 6) is -0.370. The van der Waals surface area contributed by atoms with Gasteiger partial charge in [0.05, 0.1) is 18.4 Å². The molecule has 0 aliphatic rings. The van der Waals surface area contributed by atoms with Crippen molar-refractivity contribution in [1.29, 1.82) is 0 Å². The maximum absolute atomic E-state index is 13.4. The van der Waals surface area contributed by atoms with Gasteiger partial charge >= 0.3 is 5.97 Å². The molecular formula is C31H30N2O2. The number of nitrogens with one attached hydrogen (secondary N) is 1. The van der Waals surface area contributed by atoms with E-state index in [9.17, 15) is 4.79 Å². The van der Waals surface area contributed by atoms with Crippen LogP contribution in [0, 0.1) is 6.92 Å². The van der Waals surface area contributed by atoms with Crippen LogP contribution in [0.4, 0.5) is 5.69 Å². The van der Waals surface area contributed by atoms with E-state index in [1.807, 2.05) is 122 Å². The molecule has 1 N–H and O–H groups in total. The maximum Gasteiger partial charge on any atom is 0.333 e. The number of aryl methyl sites for hydroxylation is 1. The Morgan fingerprint density at radius 3 is 1.80 bits per heavy atom. The summed E-state index contributed by atoms with van der Waals surface area (Å²) in [5, 5.41) is 3.56. The lowest BCUT2D eigenvalue weighted by Gasteiger charge is -2.26. The van der Waals surface area contributed by atoms with Crippen LogP contribution in [0.5, 0.6) is 0 Å². The van der Waals surface area contributed by atoms with Crippen LogP contribution in [0.25, 0.3) is 0 Å². The minimum Gasteiger partial charge on any atom is -0.464 e. The number of ether oxygens (including phenoxy) is 1. The monoisotopic (exact) mass is 462 g/mol. The van der Waals surface area contributed by atoms with Gasteiger partial charge in [-0.05, 0) is 31.5 Å². The van der Waals surface area contributed by atoms with Gasteiger partial charge in [-0.3, -0.25) is 4.99 Å². The minimum atomic E-state index is -0.811. The van der Waals surface area contributed by atoms with Gasteiger partial charge in [-0.1, -0.05) is 109 Å². The Morgan fingerprint density at radius 2 is 1.29 bits per heavy atom. The summed E-state index contributed by atoms with van der Waals surface area (Å²) in [4.78, 5) is 18.5. The van der Waals surface area contributed by atoms with Gasteiger partial charge in [0.25, 0.3) is 0 Å². The second-order valence-electron chi connectivity index (χ2n) is 8.31. The Bertz CT molecular complexity index is 1200. The molecule has 0 saturated carbocycles. The molecule has 0 fully saturated rings. The smallest absolute Gasteiger partial charge is 0.333 e. The Kier molecular flexibility index (Phi) is 8.08. The highest BCUT2D eigenvalue weighted by molar-refractivity contribution is 6.13. The van der Waals surface area contributed by atoms with E-state index >= 15 is 0 Å². The Balaban J connectivity index is 1.86. The van der Waals surface area contributed by atoms with Crippen molar-refractivity contribution in [2.24, 2.45) is 4.99 Å². The number of aliphatic imine (C=N–C) groups is 1. The van der Waals surface area contributed by atoms with Crippen molar-refractivity contribution in [3.05, 3.63) is 138 Å². The quantitative estimate of drug-likeness (QED) is 0.225. The molecule has 0 aliphatic carbocycles. The highest BCUT2D eigenvalue weighted by Crippen LogP contribution is 2.27. The fourth-order valence-corrected chi connectivity index (χ4v) is 3.97. The summed E-state index contributed by atoms with van der Waals surface area (Å²) in [6.07, 6.45) is 0. The van der Waals surface area contributed by atoms with Crippen LogP contribution in [0.15, 0.2) is 120 Å². The van der Waals surface area contributed by atoms with Gasteiger partial charge in [-0.25, -0.2) is 4.79 Å². The van der Waals surface area contributed by atoms with Crippen LogP contribution in [0.2, 0.25) is 0 Å². The molecule has 2 atom stereocenters. The van der Waals surface area contributed by atoms with Crippen molar-refractivity contribution >= 4 is 17.4 Å². The zero-order valence-electron chi connectivity index (χ0n) is 20.1. The van der Waals surface area contributed by atoms with Crippen molar-refractivity contribution in [3.63, 3.8) is 0 Å². The van der Waals surface area contributed by atoms with Crippen molar-refractivity contribution in [3.8, 4) is 0 Å². The molecule has 0 spiro atoms. The van der Waals surface area contributed by atoms with Crippen LogP contribution in [-0.2, 0) is 9.53 Å². The van der Waals surface area contributed by atoms with Crippen LogP contribution in [0.3, 0.4) is 0 Å². The Hall–Kier alpha value is -4.18.